The first-order valence-corrected chi connectivity index (χ1v) is 5.14. The van der Waals surface area contributed by atoms with Crippen molar-refractivity contribution in [1.82, 2.24) is 15.6 Å². The molecule has 0 aromatic carbocycles. The number of nitrogens with zero attached hydrogens (tertiary/aromatic N) is 1. The van der Waals surface area contributed by atoms with Crippen molar-refractivity contribution in [2.45, 2.75) is 19.9 Å². The molecule has 0 aliphatic heterocycles. The molecule has 0 saturated carbocycles. The quantitative estimate of drug-likeness (QED) is 0.753. The number of pyridine rings is 1. The van der Waals surface area contributed by atoms with Crippen LogP contribution in [0.15, 0.2) is 24.5 Å². The zero-order valence-corrected chi connectivity index (χ0v) is 9.16. The molecule has 1 aromatic heterocycles. The molecule has 4 nitrogen and oxygen atoms in total. The highest BCUT2D eigenvalue weighted by atomic mass is 16.1. The molecule has 0 spiro atoms. The zero-order valence-electron chi connectivity index (χ0n) is 9.16. The van der Waals surface area contributed by atoms with Crippen molar-refractivity contribution in [3.05, 3.63) is 30.1 Å². The molecule has 4 heteroatoms. The van der Waals surface area contributed by atoms with Crippen LogP contribution in [-0.4, -0.2) is 24.0 Å². The maximum absolute atomic E-state index is 11.4. The van der Waals surface area contributed by atoms with Crippen molar-refractivity contribution in [2.75, 3.05) is 13.1 Å². The fraction of sp³-hybridized carbons (Fsp3) is 0.455. The maximum atomic E-state index is 11.4. The van der Waals surface area contributed by atoms with Crippen LogP contribution in [0, 0.1) is 0 Å². The minimum absolute atomic E-state index is 0.0150. The van der Waals surface area contributed by atoms with Gasteiger partial charge in [0.05, 0.1) is 12.6 Å². The van der Waals surface area contributed by atoms with Crippen molar-refractivity contribution in [1.29, 1.82) is 0 Å². The van der Waals surface area contributed by atoms with Crippen LogP contribution in [0.25, 0.3) is 0 Å². The van der Waals surface area contributed by atoms with Crippen molar-refractivity contribution >= 4 is 5.91 Å². The molecular weight excluding hydrogens is 190 g/mol. The van der Waals surface area contributed by atoms with Gasteiger partial charge in [0.1, 0.15) is 0 Å². The van der Waals surface area contributed by atoms with Crippen molar-refractivity contribution in [3.63, 3.8) is 0 Å². The van der Waals surface area contributed by atoms with Crippen LogP contribution in [-0.2, 0) is 4.79 Å². The van der Waals surface area contributed by atoms with Gasteiger partial charge < -0.3 is 10.6 Å². The molecule has 0 fully saturated rings. The molecule has 1 atom stereocenters. The fourth-order valence-electron chi connectivity index (χ4n) is 1.27. The topological polar surface area (TPSA) is 54.0 Å². The summed E-state index contributed by atoms with van der Waals surface area (Å²) in [6, 6.07) is 3.83. The molecule has 0 aliphatic carbocycles. The maximum Gasteiger partial charge on any atom is 0.234 e. The van der Waals surface area contributed by atoms with Crippen LogP contribution in [0.2, 0.25) is 0 Å². The molecule has 0 bridgehead atoms. The Balaban J connectivity index is 2.42. The van der Waals surface area contributed by atoms with Gasteiger partial charge in [-0.2, -0.15) is 0 Å². The number of hydrogen-bond acceptors (Lipinski definition) is 3. The van der Waals surface area contributed by atoms with Gasteiger partial charge in [-0.1, -0.05) is 6.92 Å². The number of hydrogen-bond donors (Lipinski definition) is 2. The van der Waals surface area contributed by atoms with E-state index in [0.717, 1.165) is 12.1 Å². The molecule has 15 heavy (non-hydrogen) atoms. The first kappa shape index (κ1) is 11.7. The van der Waals surface area contributed by atoms with Gasteiger partial charge in [-0.3, -0.25) is 9.78 Å². The fourth-order valence-corrected chi connectivity index (χ4v) is 1.27. The molecule has 0 saturated heterocycles. The molecule has 1 amide bonds. The highest BCUT2D eigenvalue weighted by Crippen LogP contribution is 2.09. The Morgan fingerprint density at radius 3 is 2.73 bits per heavy atom. The summed E-state index contributed by atoms with van der Waals surface area (Å²) in [5, 5.41) is 5.88. The van der Waals surface area contributed by atoms with Crippen LogP contribution in [0.1, 0.15) is 25.5 Å². The van der Waals surface area contributed by atoms with Crippen LogP contribution >= 0.6 is 0 Å². The molecule has 82 valence electrons. The third kappa shape index (κ3) is 4.08. The Labute approximate surface area is 90.1 Å². The van der Waals surface area contributed by atoms with E-state index >= 15 is 0 Å². The van der Waals surface area contributed by atoms with Crippen LogP contribution < -0.4 is 10.6 Å². The van der Waals surface area contributed by atoms with E-state index in [2.05, 4.69) is 15.6 Å². The lowest BCUT2D eigenvalue weighted by Crippen LogP contribution is -2.35. The summed E-state index contributed by atoms with van der Waals surface area (Å²) < 4.78 is 0. The largest absolute Gasteiger partial charge is 0.348 e. The Kier molecular flexibility index (Phi) is 4.77. The van der Waals surface area contributed by atoms with E-state index in [-0.39, 0.29) is 11.9 Å². The SMILES string of the molecule is CCNCC(=O)N[C@H](C)c1ccncc1. The van der Waals surface area contributed by atoms with Crippen LogP contribution in [0.3, 0.4) is 0 Å². The summed E-state index contributed by atoms with van der Waals surface area (Å²) in [6.07, 6.45) is 3.45. The van der Waals surface area contributed by atoms with Gasteiger partial charge in [0.15, 0.2) is 0 Å². The summed E-state index contributed by atoms with van der Waals surface area (Å²) >= 11 is 0. The predicted octanol–water partition coefficient (Wildman–Crippen LogP) is 0.868. The van der Waals surface area contributed by atoms with Crippen molar-refractivity contribution in [2.24, 2.45) is 0 Å². The summed E-state index contributed by atoms with van der Waals surface area (Å²) in [5.74, 6) is 0.0150. The number of carbonyl (C=O) groups excluding carboxylic acids is 1. The van der Waals surface area contributed by atoms with Gasteiger partial charge in [-0.25, -0.2) is 0 Å². The van der Waals surface area contributed by atoms with E-state index in [9.17, 15) is 4.79 Å². The first-order chi connectivity index (χ1) is 7.24. The number of nitrogens with one attached hydrogen (secondary N) is 2. The van der Waals surface area contributed by atoms with E-state index in [0.29, 0.717) is 6.54 Å². The lowest BCUT2D eigenvalue weighted by Gasteiger charge is -2.13. The molecule has 1 aromatic rings. The Hall–Kier alpha value is -1.42. The van der Waals surface area contributed by atoms with E-state index < -0.39 is 0 Å². The average molecular weight is 207 g/mol. The molecule has 0 radical (unpaired) electrons. The van der Waals surface area contributed by atoms with Gasteiger partial charge in [-0.15, -0.1) is 0 Å². The van der Waals surface area contributed by atoms with Crippen molar-refractivity contribution in [3.8, 4) is 0 Å². The molecule has 2 N–H and O–H groups in total. The van der Waals surface area contributed by atoms with E-state index in [4.69, 9.17) is 0 Å². The van der Waals surface area contributed by atoms with Crippen LogP contribution in [0.5, 0.6) is 0 Å². The predicted molar refractivity (Wildman–Crippen MR) is 59.3 cm³/mol. The standard InChI is InChI=1S/C11H17N3O/c1-3-12-8-11(15)14-9(2)10-4-6-13-7-5-10/h4-7,9,12H,3,8H2,1-2H3,(H,14,15)/t9-/m1/s1. The summed E-state index contributed by atoms with van der Waals surface area (Å²) in [6.45, 7) is 5.10. The molecule has 0 aliphatic rings. The minimum atomic E-state index is 0.0150. The van der Waals surface area contributed by atoms with Crippen molar-refractivity contribution < 1.29 is 4.79 Å². The van der Waals surface area contributed by atoms with E-state index in [1.807, 2.05) is 26.0 Å². The molecule has 0 unspecified atom stereocenters. The normalized spacial score (nSPS) is 12.1. The third-order valence-electron chi connectivity index (χ3n) is 2.12. The molecule has 1 rings (SSSR count). The Bertz CT molecular complexity index is 300. The number of carbonyl (C=O) groups is 1. The lowest BCUT2D eigenvalue weighted by molar-refractivity contribution is -0.120. The number of amides is 1. The Morgan fingerprint density at radius 1 is 1.47 bits per heavy atom. The molecular formula is C11H17N3O. The number of rotatable bonds is 5. The minimum Gasteiger partial charge on any atom is -0.348 e. The van der Waals surface area contributed by atoms with Crippen LogP contribution in [0.4, 0.5) is 0 Å². The smallest absolute Gasteiger partial charge is 0.234 e. The average Bonchev–Trinajstić information content (AvgIpc) is 2.27. The van der Waals surface area contributed by atoms with Gasteiger partial charge in [-0.05, 0) is 31.2 Å². The zero-order chi connectivity index (χ0) is 11.1. The van der Waals surface area contributed by atoms with Gasteiger partial charge >= 0.3 is 0 Å². The monoisotopic (exact) mass is 207 g/mol. The second kappa shape index (κ2) is 6.14. The van der Waals surface area contributed by atoms with E-state index in [1.54, 1.807) is 12.4 Å². The highest BCUT2D eigenvalue weighted by molar-refractivity contribution is 5.78. The van der Waals surface area contributed by atoms with Gasteiger partial charge in [0.2, 0.25) is 5.91 Å². The number of likely N-dealkylation sites (N-methyl/N-ethyl adjacent to an activating group) is 1. The second-order valence-electron chi connectivity index (χ2n) is 3.35. The van der Waals surface area contributed by atoms with Gasteiger partial charge in [0.25, 0.3) is 0 Å². The number of aromatic nitrogens is 1. The highest BCUT2D eigenvalue weighted by Gasteiger charge is 2.07. The summed E-state index contributed by atoms with van der Waals surface area (Å²) in [5.41, 5.74) is 1.06. The summed E-state index contributed by atoms with van der Waals surface area (Å²) in [4.78, 5) is 15.3. The summed E-state index contributed by atoms with van der Waals surface area (Å²) in [7, 11) is 0. The first-order valence-electron chi connectivity index (χ1n) is 5.14. The van der Waals surface area contributed by atoms with Gasteiger partial charge in [0, 0.05) is 12.4 Å². The second-order valence-corrected chi connectivity index (χ2v) is 3.35. The molecule has 1 heterocycles. The lowest BCUT2D eigenvalue weighted by atomic mass is 10.1. The van der Waals surface area contributed by atoms with E-state index in [1.165, 1.54) is 0 Å². The third-order valence-corrected chi connectivity index (χ3v) is 2.12. The Morgan fingerprint density at radius 2 is 2.13 bits per heavy atom.